The molecule has 3 aromatic rings. The van der Waals surface area contributed by atoms with Crippen molar-refractivity contribution in [3.63, 3.8) is 0 Å². The topological polar surface area (TPSA) is 58.5 Å². The number of benzene rings is 1. The summed E-state index contributed by atoms with van der Waals surface area (Å²) < 4.78 is 1.88. The van der Waals surface area contributed by atoms with E-state index in [1.807, 2.05) is 35.1 Å². The Kier molecular flexibility index (Phi) is 3.38. The number of rotatable bonds is 5. The molecule has 5 nitrogen and oxygen atoms in total. The van der Waals surface area contributed by atoms with E-state index in [0.717, 1.165) is 24.5 Å². The number of hydrogen-bond donors (Lipinski definition) is 2. The van der Waals surface area contributed by atoms with Gasteiger partial charge in [0.25, 0.3) is 0 Å². The Morgan fingerprint density at radius 2 is 2.00 bits per heavy atom. The van der Waals surface area contributed by atoms with Gasteiger partial charge in [-0.1, -0.05) is 18.2 Å². The zero-order chi connectivity index (χ0) is 12.9. The van der Waals surface area contributed by atoms with Crippen molar-refractivity contribution in [1.82, 2.24) is 25.3 Å². The first-order chi connectivity index (χ1) is 9.43. The molecule has 0 aliphatic rings. The Balaban J connectivity index is 1.71. The van der Waals surface area contributed by atoms with Crippen molar-refractivity contribution >= 4 is 0 Å². The van der Waals surface area contributed by atoms with Crippen LogP contribution in [0.15, 0.2) is 55.0 Å². The molecule has 0 spiro atoms. The summed E-state index contributed by atoms with van der Waals surface area (Å²) in [6, 6.07) is 12.1. The van der Waals surface area contributed by atoms with Gasteiger partial charge >= 0.3 is 0 Å². The fraction of sp³-hybridized carbons (Fsp3) is 0.143. The summed E-state index contributed by atoms with van der Waals surface area (Å²) in [5.41, 5.74) is 3.40. The normalized spacial score (nSPS) is 10.7. The number of nitrogens with zero attached hydrogens (tertiary/aromatic N) is 3. The third-order valence-electron chi connectivity index (χ3n) is 2.93. The molecule has 0 saturated carbocycles. The highest BCUT2D eigenvalue weighted by Gasteiger charge is 2.03. The van der Waals surface area contributed by atoms with Crippen molar-refractivity contribution in [3.05, 3.63) is 66.2 Å². The van der Waals surface area contributed by atoms with Crippen molar-refractivity contribution in [2.45, 2.75) is 13.1 Å². The highest BCUT2D eigenvalue weighted by molar-refractivity contribution is 5.40. The van der Waals surface area contributed by atoms with Crippen LogP contribution in [0.5, 0.6) is 0 Å². The van der Waals surface area contributed by atoms with Crippen LogP contribution in [0.25, 0.3) is 5.69 Å². The number of nitrogens with one attached hydrogen (secondary N) is 2. The highest BCUT2D eigenvalue weighted by atomic mass is 15.3. The van der Waals surface area contributed by atoms with Crippen LogP contribution in [0.2, 0.25) is 0 Å². The second-order valence-electron chi connectivity index (χ2n) is 4.26. The molecule has 0 aliphatic carbocycles. The van der Waals surface area contributed by atoms with Gasteiger partial charge in [-0.2, -0.15) is 10.2 Å². The number of H-pyrrole nitrogens is 1. The van der Waals surface area contributed by atoms with E-state index in [9.17, 15) is 0 Å². The third kappa shape index (κ3) is 2.71. The van der Waals surface area contributed by atoms with E-state index in [0.29, 0.717) is 0 Å². The molecule has 1 aromatic carbocycles. The molecule has 0 atom stereocenters. The minimum absolute atomic E-state index is 0.771. The van der Waals surface area contributed by atoms with Crippen molar-refractivity contribution in [2.24, 2.45) is 0 Å². The van der Waals surface area contributed by atoms with Crippen molar-refractivity contribution in [3.8, 4) is 5.69 Å². The van der Waals surface area contributed by atoms with E-state index in [4.69, 9.17) is 0 Å². The monoisotopic (exact) mass is 253 g/mol. The lowest BCUT2D eigenvalue weighted by molar-refractivity contribution is 0.671. The van der Waals surface area contributed by atoms with Crippen LogP contribution in [-0.4, -0.2) is 20.0 Å². The quantitative estimate of drug-likeness (QED) is 0.730. The second kappa shape index (κ2) is 5.49. The van der Waals surface area contributed by atoms with Crippen LogP contribution in [-0.2, 0) is 13.1 Å². The number of aromatic amines is 1. The molecule has 2 heterocycles. The molecule has 2 N–H and O–H groups in total. The number of para-hydroxylation sites is 1. The van der Waals surface area contributed by atoms with Gasteiger partial charge in [0, 0.05) is 37.4 Å². The van der Waals surface area contributed by atoms with Crippen LogP contribution in [0, 0.1) is 0 Å². The SMILES string of the molecule is c1ccc(-n2cccn2)c(CNCc2ccn[nH]2)c1. The molecule has 96 valence electrons. The van der Waals surface area contributed by atoms with E-state index in [-0.39, 0.29) is 0 Å². The van der Waals surface area contributed by atoms with Gasteiger partial charge in [0.05, 0.1) is 5.69 Å². The van der Waals surface area contributed by atoms with Gasteiger partial charge < -0.3 is 5.32 Å². The van der Waals surface area contributed by atoms with Gasteiger partial charge in [-0.05, 0) is 23.8 Å². The first kappa shape index (κ1) is 11.7. The van der Waals surface area contributed by atoms with Crippen molar-refractivity contribution in [1.29, 1.82) is 0 Å². The minimum atomic E-state index is 0.771. The van der Waals surface area contributed by atoms with Crippen molar-refractivity contribution < 1.29 is 0 Å². The molecular formula is C14H15N5. The fourth-order valence-electron chi connectivity index (χ4n) is 2.01. The van der Waals surface area contributed by atoms with Crippen LogP contribution in [0.3, 0.4) is 0 Å². The maximum atomic E-state index is 4.28. The predicted octanol–water partition coefficient (Wildman–Crippen LogP) is 1.89. The fourth-order valence-corrected chi connectivity index (χ4v) is 2.01. The first-order valence-corrected chi connectivity index (χ1v) is 6.20. The lowest BCUT2D eigenvalue weighted by Crippen LogP contribution is -2.14. The standard InChI is InChI=1S/C14H15N5/c1-2-5-14(19-9-3-7-17-19)12(4-1)10-15-11-13-6-8-16-18-13/h1-9,15H,10-11H2,(H,16,18). The lowest BCUT2D eigenvalue weighted by Gasteiger charge is -2.10. The molecule has 0 unspecified atom stereocenters. The van der Waals surface area contributed by atoms with Gasteiger partial charge in [0.15, 0.2) is 0 Å². The Morgan fingerprint density at radius 1 is 1.05 bits per heavy atom. The molecule has 2 aromatic heterocycles. The van der Waals surface area contributed by atoms with Gasteiger partial charge in [-0.15, -0.1) is 0 Å². The molecule has 0 bridgehead atoms. The Hall–Kier alpha value is -2.40. The Labute approximate surface area is 111 Å². The molecule has 3 rings (SSSR count). The van der Waals surface area contributed by atoms with E-state index >= 15 is 0 Å². The van der Waals surface area contributed by atoms with Crippen LogP contribution < -0.4 is 5.32 Å². The van der Waals surface area contributed by atoms with Crippen LogP contribution >= 0.6 is 0 Å². The number of aromatic nitrogens is 4. The summed E-state index contributed by atoms with van der Waals surface area (Å²) in [4.78, 5) is 0. The zero-order valence-corrected chi connectivity index (χ0v) is 10.5. The van der Waals surface area contributed by atoms with E-state index in [1.54, 1.807) is 12.4 Å². The number of hydrogen-bond acceptors (Lipinski definition) is 3. The summed E-state index contributed by atoms with van der Waals surface area (Å²) in [5.74, 6) is 0. The van der Waals surface area contributed by atoms with Gasteiger partial charge in [-0.25, -0.2) is 4.68 Å². The molecule has 0 amide bonds. The molecule has 0 fully saturated rings. The maximum Gasteiger partial charge on any atom is 0.0690 e. The zero-order valence-electron chi connectivity index (χ0n) is 10.5. The summed E-state index contributed by atoms with van der Waals surface area (Å²) >= 11 is 0. The first-order valence-electron chi connectivity index (χ1n) is 6.20. The largest absolute Gasteiger partial charge is 0.307 e. The average Bonchev–Trinajstić information content (AvgIpc) is 3.12. The van der Waals surface area contributed by atoms with Crippen molar-refractivity contribution in [2.75, 3.05) is 0 Å². The van der Waals surface area contributed by atoms with Crippen LogP contribution in [0.4, 0.5) is 0 Å². The smallest absolute Gasteiger partial charge is 0.0690 e. The summed E-state index contributed by atoms with van der Waals surface area (Å²) in [6.07, 6.45) is 5.50. The minimum Gasteiger partial charge on any atom is -0.307 e. The van der Waals surface area contributed by atoms with Gasteiger partial charge in [-0.3, -0.25) is 5.10 Å². The average molecular weight is 253 g/mol. The van der Waals surface area contributed by atoms with E-state index < -0.39 is 0 Å². The Bertz CT molecular complexity index is 613. The van der Waals surface area contributed by atoms with Gasteiger partial charge in [0.1, 0.15) is 0 Å². The predicted molar refractivity (Wildman–Crippen MR) is 72.7 cm³/mol. The molecule has 0 radical (unpaired) electrons. The highest BCUT2D eigenvalue weighted by Crippen LogP contribution is 2.13. The molecular weight excluding hydrogens is 238 g/mol. The van der Waals surface area contributed by atoms with E-state index in [1.165, 1.54) is 5.56 Å². The summed E-state index contributed by atoms with van der Waals surface area (Å²) in [7, 11) is 0. The second-order valence-corrected chi connectivity index (χ2v) is 4.26. The Morgan fingerprint density at radius 3 is 2.79 bits per heavy atom. The molecule has 0 saturated heterocycles. The van der Waals surface area contributed by atoms with Crippen LogP contribution in [0.1, 0.15) is 11.3 Å². The molecule has 19 heavy (non-hydrogen) atoms. The summed E-state index contributed by atoms with van der Waals surface area (Å²) in [6.45, 7) is 1.56. The third-order valence-corrected chi connectivity index (χ3v) is 2.93. The summed E-state index contributed by atoms with van der Waals surface area (Å²) in [5, 5.41) is 14.5. The maximum absolute atomic E-state index is 4.28. The van der Waals surface area contributed by atoms with E-state index in [2.05, 4.69) is 32.7 Å². The molecule has 5 heteroatoms. The van der Waals surface area contributed by atoms with Gasteiger partial charge in [0.2, 0.25) is 0 Å². The lowest BCUT2D eigenvalue weighted by atomic mass is 10.2. The molecule has 0 aliphatic heterocycles.